The van der Waals surface area contributed by atoms with E-state index < -0.39 is 5.97 Å². The molecule has 2 N–H and O–H groups in total. The molecule has 0 amide bonds. The number of esters is 1. The van der Waals surface area contributed by atoms with Crippen LogP contribution in [0.3, 0.4) is 0 Å². The molecule has 16 heavy (non-hydrogen) atoms. The van der Waals surface area contributed by atoms with E-state index in [1.165, 1.54) is 6.07 Å². The maximum absolute atomic E-state index is 11.7. The third kappa shape index (κ3) is 1.71. The molecule has 0 saturated heterocycles. The summed E-state index contributed by atoms with van der Waals surface area (Å²) >= 11 is 0. The molecule has 86 valence electrons. The van der Waals surface area contributed by atoms with Gasteiger partial charge < -0.3 is 14.9 Å². The molecule has 1 aliphatic rings. The molecule has 0 saturated carbocycles. The molecule has 0 fully saturated rings. The van der Waals surface area contributed by atoms with Crippen LogP contribution in [0.25, 0.3) is 0 Å². The smallest absolute Gasteiger partial charge is 0.342 e. The van der Waals surface area contributed by atoms with Crippen molar-refractivity contribution < 1.29 is 19.7 Å². The van der Waals surface area contributed by atoms with E-state index in [9.17, 15) is 15.0 Å². The standard InChI is InChI=1S/C12H14O4/c1-2-3-8-6-7-4-5-9(13)11(14)10(7)12(15)16-8/h4-5,8,13-14H,2-3,6H2,1H3. The Morgan fingerprint density at radius 3 is 2.88 bits per heavy atom. The average Bonchev–Trinajstić information content (AvgIpc) is 2.23. The van der Waals surface area contributed by atoms with Gasteiger partial charge in [-0.2, -0.15) is 0 Å². The second-order valence-electron chi connectivity index (χ2n) is 3.99. The summed E-state index contributed by atoms with van der Waals surface area (Å²) in [6.07, 6.45) is 2.24. The van der Waals surface area contributed by atoms with Crippen molar-refractivity contribution in [2.45, 2.75) is 32.3 Å². The van der Waals surface area contributed by atoms with Crippen molar-refractivity contribution in [3.63, 3.8) is 0 Å². The number of aromatic hydroxyl groups is 2. The van der Waals surface area contributed by atoms with Gasteiger partial charge in [0.2, 0.25) is 0 Å². The predicted molar refractivity (Wildman–Crippen MR) is 57.6 cm³/mol. The molecule has 1 aromatic carbocycles. The number of hydrogen-bond acceptors (Lipinski definition) is 4. The van der Waals surface area contributed by atoms with Gasteiger partial charge in [0, 0.05) is 6.42 Å². The summed E-state index contributed by atoms with van der Waals surface area (Å²) in [5.74, 6) is -1.21. The van der Waals surface area contributed by atoms with Crippen LogP contribution in [0.4, 0.5) is 0 Å². The van der Waals surface area contributed by atoms with Crippen molar-refractivity contribution in [1.82, 2.24) is 0 Å². The second-order valence-corrected chi connectivity index (χ2v) is 3.99. The van der Waals surface area contributed by atoms with Gasteiger partial charge in [-0.3, -0.25) is 0 Å². The average molecular weight is 222 g/mol. The van der Waals surface area contributed by atoms with E-state index in [1.807, 2.05) is 6.92 Å². The van der Waals surface area contributed by atoms with Crippen molar-refractivity contribution >= 4 is 5.97 Å². The van der Waals surface area contributed by atoms with Crippen LogP contribution in [0, 0.1) is 0 Å². The Hall–Kier alpha value is -1.71. The molecule has 1 aromatic rings. The molecule has 0 bridgehead atoms. The number of carbonyl (C=O) groups is 1. The van der Waals surface area contributed by atoms with Crippen LogP contribution in [0.2, 0.25) is 0 Å². The lowest BCUT2D eigenvalue weighted by Gasteiger charge is -2.24. The van der Waals surface area contributed by atoms with Gasteiger partial charge in [-0.15, -0.1) is 0 Å². The number of rotatable bonds is 2. The molecular weight excluding hydrogens is 208 g/mol. The van der Waals surface area contributed by atoms with E-state index in [0.29, 0.717) is 6.42 Å². The van der Waals surface area contributed by atoms with Crippen LogP contribution in [-0.2, 0) is 11.2 Å². The van der Waals surface area contributed by atoms with E-state index in [-0.39, 0.29) is 23.2 Å². The fraction of sp³-hybridized carbons (Fsp3) is 0.417. The van der Waals surface area contributed by atoms with E-state index in [0.717, 1.165) is 18.4 Å². The highest BCUT2D eigenvalue weighted by Gasteiger charge is 2.29. The Morgan fingerprint density at radius 2 is 2.19 bits per heavy atom. The van der Waals surface area contributed by atoms with Crippen molar-refractivity contribution in [1.29, 1.82) is 0 Å². The molecule has 1 atom stereocenters. The second kappa shape index (κ2) is 4.04. The number of benzene rings is 1. The number of cyclic esters (lactones) is 1. The van der Waals surface area contributed by atoms with Crippen LogP contribution in [-0.4, -0.2) is 22.3 Å². The summed E-state index contributed by atoms with van der Waals surface area (Å²) in [6, 6.07) is 3.06. The number of hydrogen-bond donors (Lipinski definition) is 2. The molecule has 1 unspecified atom stereocenters. The van der Waals surface area contributed by atoms with E-state index in [4.69, 9.17) is 4.74 Å². The Morgan fingerprint density at radius 1 is 1.44 bits per heavy atom. The summed E-state index contributed by atoms with van der Waals surface area (Å²) < 4.78 is 5.18. The SMILES string of the molecule is CCCC1Cc2ccc(O)c(O)c2C(=O)O1. The highest BCUT2D eigenvalue weighted by Crippen LogP contribution is 2.35. The fourth-order valence-corrected chi connectivity index (χ4v) is 2.00. The van der Waals surface area contributed by atoms with Crippen molar-refractivity contribution in [3.8, 4) is 11.5 Å². The summed E-state index contributed by atoms with van der Waals surface area (Å²) in [5, 5.41) is 18.9. The van der Waals surface area contributed by atoms with Gasteiger partial charge in [0.25, 0.3) is 0 Å². The first-order valence-electron chi connectivity index (χ1n) is 5.38. The maximum atomic E-state index is 11.7. The predicted octanol–water partition coefficient (Wildman–Crippen LogP) is 1.98. The summed E-state index contributed by atoms with van der Waals surface area (Å²) in [4.78, 5) is 11.7. The van der Waals surface area contributed by atoms with Crippen LogP contribution in [0.15, 0.2) is 12.1 Å². The lowest BCUT2D eigenvalue weighted by Crippen LogP contribution is -2.27. The Bertz CT molecular complexity index is 425. The fourth-order valence-electron chi connectivity index (χ4n) is 2.00. The third-order valence-electron chi connectivity index (χ3n) is 2.78. The highest BCUT2D eigenvalue weighted by molar-refractivity contribution is 5.96. The summed E-state index contributed by atoms with van der Waals surface area (Å²) in [6.45, 7) is 2.03. The summed E-state index contributed by atoms with van der Waals surface area (Å²) in [7, 11) is 0. The van der Waals surface area contributed by atoms with Gasteiger partial charge in [-0.05, 0) is 18.1 Å². The molecule has 0 aliphatic carbocycles. The Balaban J connectivity index is 2.38. The minimum absolute atomic E-state index is 0.104. The molecule has 1 aliphatic heterocycles. The minimum Gasteiger partial charge on any atom is -0.504 e. The van der Waals surface area contributed by atoms with Crippen LogP contribution >= 0.6 is 0 Å². The van der Waals surface area contributed by atoms with E-state index in [2.05, 4.69) is 0 Å². The van der Waals surface area contributed by atoms with Gasteiger partial charge in [0.05, 0.1) is 0 Å². The number of phenolic OH excluding ortho intramolecular Hbond substituents is 2. The number of ether oxygens (including phenoxy) is 1. The zero-order valence-electron chi connectivity index (χ0n) is 9.06. The normalized spacial score (nSPS) is 19.1. The first-order chi connectivity index (χ1) is 7.63. The van der Waals surface area contributed by atoms with Gasteiger partial charge >= 0.3 is 5.97 Å². The third-order valence-corrected chi connectivity index (χ3v) is 2.78. The molecule has 0 radical (unpaired) electrons. The molecule has 2 rings (SSSR count). The van der Waals surface area contributed by atoms with Gasteiger partial charge in [0.15, 0.2) is 11.5 Å². The molecule has 4 heteroatoms. The molecule has 0 aromatic heterocycles. The lowest BCUT2D eigenvalue weighted by atomic mass is 9.95. The zero-order chi connectivity index (χ0) is 11.7. The molecule has 0 spiro atoms. The van der Waals surface area contributed by atoms with E-state index >= 15 is 0 Å². The zero-order valence-corrected chi connectivity index (χ0v) is 9.06. The maximum Gasteiger partial charge on any atom is 0.342 e. The van der Waals surface area contributed by atoms with Crippen LogP contribution in [0.1, 0.15) is 35.7 Å². The molecular formula is C12H14O4. The van der Waals surface area contributed by atoms with Crippen molar-refractivity contribution in [3.05, 3.63) is 23.3 Å². The van der Waals surface area contributed by atoms with Crippen molar-refractivity contribution in [2.75, 3.05) is 0 Å². The first kappa shape index (κ1) is 10.8. The Kier molecular flexibility index (Phi) is 2.73. The molecule has 1 heterocycles. The number of carbonyl (C=O) groups excluding carboxylic acids is 1. The Labute approximate surface area is 93.5 Å². The largest absolute Gasteiger partial charge is 0.504 e. The molecule has 4 nitrogen and oxygen atoms in total. The number of phenols is 2. The van der Waals surface area contributed by atoms with Crippen LogP contribution < -0.4 is 0 Å². The number of fused-ring (bicyclic) bond motifs is 1. The highest BCUT2D eigenvalue weighted by atomic mass is 16.5. The van der Waals surface area contributed by atoms with Gasteiger partial charge in [-0.1, -0.05) is 19.4 Å². The minimum atomic E-state index is -0.548. The van der Waals surface area contributed by atoms with Crippen LogP contribution in [0.5, 0.6) is 11.5 Å². The quantitative estimate of drug-likeness (QED) is 0.593. The first-order valence-corrected chi connectivity index (χ1v) is 5.38. The van der Waals surface area contributed by atoms with Crippen molar-refractivity contribution in [2.24, 2.45) is 0 Å². The van der Waals surface area contributed by atoms with Gasteiger partial charge in [0.1, 0.15) is 11.7 Å². The van der Waals surface area contributed by atoms with E-state index in [1.54, 1.807) is 6.07 Å². The monoisotopic (exact) mass is 222 g/mol. The van der Waals surface area contributed by atoms with Gasteiger partial charge in [-0.25, -0.2) is 4.79 Å². The lowest BCUT2D eigenvalue weighted by molar-refractivity contribution is 0.0231. The summed E-state index contributed by atoms with van der Waals surface area (Å²) in [5.41, 5.74) is 0.845. The topological polar surface area (TPSA) is 66.8 Å².